The van der Waals surface area contributed by atoms with Crippen LogP contribution in [-0.2, 0) is 0 Å². The molecule has 0 aliphatic carbocycles. The Labute approximate surface area is 121 Å². The SMILES string of the molecule is Cc1ccc(C(C)Nc2ccc(O)cc2[N+](=O)[O-])cc1F. The monoisotopic (exact) mass is 290 g/mol. The summed E-state index contributed by atoms with van der Waals surface area (Å²) in [7, 11) is 0. The van der Waals surface area contributed by atoms with Crippen LogP contribution in [0.25, 0.3) is 0 Å². The molecular weight excluding hydrogens is 275 g/mol. The lowest BCUT2D eigenvalue weighted by molar-refractivity contribution is -0.384. The number of halogens is 1. The van der Waals surface area contributed by atoms with Crippen molar-refractivity contribution in [3.05, 3.63) is 63.5 Å². The summed E-state index contributed by atoms with van der Waals surface area (Å²) in [5, 5.41) is 23.3. The Morgan fingerprint density at radius 1 is 1.29 bits per heavy atom. The molecule has 0 heterocycles. The van der Waals surface area contributed by atoms with Crippen LogP contribution in [0.15, 0.2) is 36.4 Å². The first-order chi connectivity index (χ1) is 9.88. The fourth-order valence-corrected chi connectivity index (χ4v) is 1.99. The number of phenolic OH excluding ortho intramolecular Hbond substituents is 1. The number of anilines is 1. The van der Waals surface area contributed by atoms with E-state index < -0.39 is 4.92 Å². The maximum atomic E-state index is 13.6. The molecule has 0 saturated heterocycles. The van der Waals surface area contributed by atoms with Crippen LogP contribution in [0.1, 0.15) is 24.1 Å². The number of nitro benzene ring substituents is 1. The van der Waals surface area contributed by atoms with E-state index in [1.807, 2.05) is 0 Å². The van der Waals surface area contributed by atoms with Gasteiger partial charge in [-0.2, -0.15) is 0 Å². The third-order valence-electron chi connectivity index (χ3n) is 3.25. The van der Waals surface area contributed by atoms with Crippen molar-refractivity contribution < 1.29 is 14.4 Å². The van der Waals surface area contributed by atoms with Gasteiger partial charge in [0.25, 0.3) is 5.69 Å². The summed E-state index contributed by atoms with van der Waals surface area (Å²) in [6.07, 6.45) is 0. The zero-order chi connectivity index (χ0) is 15.6. The van der Waals surface area contributed by atoms with E-state index in [4.69, 9.17) is 0 Å². The van der Waals surface area contributed by atoms with Gasteiger partial charge in [-0.25, -0.2) is 4.39 Å². The van der Waals surface area contributed by atoms with Gasteiger partial charge in [-0.1, -0.05) is 12.1 Å². The molecule has 2 aromatic carbocycles. The quantitative estimate of drug-likeness (QED) is 0.508. The smallest absolute Gasteiger partial charge is 0.296 e. The van der Waals surface area contributed by atoms with E-state index in [1.54, 1.807) is 26.0 Å². The average molecular weight is 290 g/mol. The molecule has 1 atom stereocenters. The minimum atomic E-state index is -0.579. The third kappa shape index (κ3) is 3.28. The van der Waals surface area contributed by atoms with E-state index in [9.17, 15) is 19.6 Å². The number of nitrogens with one attached hydrogen (secondary N) is 1. The van der Waals surface area contributed by atoms with Crippen molar-refractivity contribution in [1.82, 2.24) is 0 Å². The standard InChI is InChI=1S/C15H15FN2O3/c1-9-3-4-11(7-13(9)16)10(2)17-14-6-5-12(19)8-15(14)18(20)21/h3-8,10,17,19H,1-2H3. The van der Waals surface area contributed by atoms with Gasteiger partial charge in [0, 0.05) is 6.04 Å². The Bertz CT molecular complexity index is 689. The van der Waals surface area contributed by atoms with Gasteiger partial charge in [0.2, 0.25) is 0 Å². The minimum absolute atomic E-state index is 0.179. The number of hydrogen-bond donors (Lipinski definition) is 2. The number of nitrogens with zero attached hydrogens (tertiary/aromatic N) is 1. The second kappa shape index (κ2) is 5.78. The fraction of sp³-hybridized carbons (Fsp3) is 0.200. The first kappa shape index (κ1) is 14.8. The lowest BCUT2D eigenvalue weighted by Gasteiger charge is -2.16. The van der Waals surface area contributed by atoms with Gasteiger partial charge in [0.05, 0.1) is 11.0 Å². The van der Waals surface area contributed by atoms with Crippen LogP contribution in [-0.4, -0.2) is 10.0 Å². The summed E-state index contributed by atoms with van der Waals surface area (Å²) in [6, 6.07) is 8.37. The molecule has 0 radical (unpaired) electrons. The molecule has 0 aromatic heterocycles. The predicted molar refractivity (Wildman–Crippen MR) is 77.9 cm³/mol. The maximum Gasteiger partial charge on any atom is 0.296 e. The number of benzene rings is 2. The lowest BCUT2D eigenvalue weighted by Crippen LogP contribution is -2.08. The van der Waals surface area contributed by atoms with Crippen molar-refractivity contribution in [2.75, 3.05) is 5.32 Å². The van der Waals surface area contributed by atoms with Crippen molar-refractivity contribution in [3.63, 3.8) is 0 Å². The van der Waals surface area contributed by atoms with Crippen molar-refractivity contribution in [1.29, 1.82) is 0 Å². The Balaban J connectivity index is 2.29. The van der Waals surface area contributed by atoms with Crippen LogP contribution in [0.3, 0.4) is 0 Å². The first-order valence-electron chi connectivity index (χ1n) is 6.38. The normalized spacial score (nSPS) is 12.0. The van der Waals surface area contributed by atoms with Crippen molar-refractivity contribution in [2.24, 2.45) is 0 Å². The summed E-state index contributed by atoms with van der Waals surface area (Å²) in [4.78, 5) is 10.4. The Kier molecular flexibility index (Phi) is 4.07. The third-order valence-corrected chi connectivity index (χ3v) is 3.25. The molecule has 0 saturated carbocycles. The highest BCUT2D eigenvalue weighted by molar-refractivity contribution is 5.64. The van der Waals surface area contributed by atoms with Crippen molar-refractivity contribution >= 4 is 11.4 Å². The van der Waals surface area contributed by atoms with Gasteiger partial charge < -0.3 is 10.4 Å². The summed E-state index contributed by atoms with van der Waals surface area (Å²) < 4.78 is 13.6. The molecule has 0 amide bonds. The summed E-state index contributed by atoms with van der Waals surface area (Å²) in [5.74, 6) is -0.498. The molecule has 5 nitrogen and oxygen atoms in total. The topological polar surface area (TPSA) is 75.4 Å². The van der Waals surface area contributed by atoms with E-state index in [0.29, 0.717) is 11.1 Å². The van der Waals surface area contributed by atoms with Crippen molar-refractivity contribution in [3.8, 4) is 5.75 Å². The number of aryl methyl sites for hydroxylation is 1. The van der Waals surface area contributed by atoms with Crippen LogP contribution in [0.5, 0.6) is 5.75 Å². The van der Waals surface area contributed by atoms with Crippen LogP contribution in [0, 0.1) is 22.9 Å². The highest BCUT2D eigenvalue weighted by Gasteiger charge is 2.17. The molecule has 0 aliphatic rings. The fourth-order valence-electron chi connectivity index (χ4n) is 1.99. The number of phenols is 1. The molecule has 2 aromatic rings. The predicted octanol–water partition coefficient (Wildman–Crippen LogP) is 3.92. The zero-order valence-electron chi connectivity index (χ0n) is 11.6. The van der Waals surface area contributed by atoms with Crippen LogP contribution >= 0.6 is 0 Å². The van der Waals surface area contributed by atoms with E-state index in [-0.39, 0.29) is 29.0 Å². The second-order valence-electron chi connectivity index (χ2n) is 4.83. The molecular formula is C15H15FN2O3. The Hall–Kier alpha value is -2.63. The molecule has 21 heavy (non-hydrogen) atoms. The number of hydrogen-bond acceptors (Lipinski definition) is 4. The first-order valence-corrected chi connectivity index (χ1v) is 6.38. The number of rotatable bonds is 4. The van der Waals surface area contributed by atoms with E-state index >= 15 is 0 Å². The summed E-state index contributed by atoms with van der Waals surface area (Å²) in [5.41, 5.74) is 1.27. The summed E-state index contributed by atoms with van der Waals surface area (Å²) in [6.45, 7) is 3.45. The molecule has 0 spiro atoms. The van der Waals surface area contributed by atoms with Gasteiger partial charge in [0.1, 0.15) is 17.3 Å². The molecule has 110 valence electrons. The average Bonchev–Trinajstić information content (AvgIpc) is 2.43. The van der Waals surface area contributed by atoms with Gasteiger partial charge in [-0.3, -0.25) is 10.1 Å². The number of aromatic hydroxyl groups is 1. The molecule has 0 aliphatic heterocycles. The Morgan fingerprint density at radius 2 is 2.00 bits per heavy atom. The Morgan fingerprint density at radius 3 is 2.62 bits per heavy atom. The summed E-state index contributed by atoms with van der Waals surface area (Å²) >= 11 is 0. The highest BCUT2D eigenvalue weighted by atomic mass is 19.1. The maximum absolute atomic E-state index is 13.6. The molecule has 1 unspecified atom stereocenters. The zero-order valence-corrected chi connectivity index (χ0v) is 11.6. The molecule has 2 N–H and O–H groups in total. The van der Waals surface area contributed by atoms with Gasteiger partial charge in [0.15, 0.2) is 0 Å². The van der Waals surface area contributed by atoms with Crippen LogP contribution < -0.4 is 5.32 Å². The minimum Gasteiger partial charge on any atom is -0.508 e. The second-order valence-corrected chi connectivity index (χ2v) is 4.83. The van der Waals surface area contributed by atoms with E-state index in [1.165, 1.54) is 18.2 Å². The van der Waals surface area contributed by atoms with Gasteiger partial charge in [-0.05, 0) is 43.2 Å². The largest absolute Gasteiger partial charge is 0.508 e. The lowest BCUT2D eigenvalue weighted by atomic mass is 10.1. The van der Waals surface area contributed by atoms with Gasteiger partial charge in [-0.15, -0.1) is 0 Å². The molecule has 6 heteroatoms. The van der Waals surface area contributed by atoms with Gasteiger partial charge >= 0.3 is 0 Å². The van der Waals surface area contributed by atoms with Crippen LogP contribution in [0.2, 0.25) is 0 Å². The van der Waals surface area contributed by atoms with E-state index in [0.717, 1.165) is 6.07 Å². The van der Waals surface area contributed by atoms with E-state index in [2.05, 4.69) is 5.32 Å². The highest BCUT2D eigenvalue weighted by Crippen LogP contribution is 2.31. The number of nitro groups is 1. The van der Waals surface area contributed by atoms with Crippen molar-refractivity contribution in [2.45, 2.75) is 19.9 Å². The molecule has 2 rings (SSSR count). The van der Waals surface area contributed by atoms with Crippen LogP contribution in [0.4, 0.5) is 15.8 Å². The molecule has 0 fully saturated rings. The molecule has 0 bridgehead atoms.